The van der Waals surface area contributed by atoms with E-state index in [4.69, 9.17) is 4.74 Å². The molecule has 16 heavy (non-hydrogen) atoms. The van der Waals surface area contributed by atoms with Crippen molar-refractivity contribution >= 4 is 5.97 Å². The van der Waals surface area contributed by atoms with Gasteiger partial charge in [-0.2, -0.15) is 0 Å². The smallest absolute Gasteiger partial charge is 0.302 e. The van der Waals surface area contributed by atoms with E-state index in [-0.39, 0.29) is 5.97 Å². The summed E-state index contributed by atoms with van der Waals surface area (Å²) in [4.78, 5) is 10.8. The highest BCUT2D eigenvalue weighted by Gasteiger charge is 2.30. The minimum atomic E-state index is -0.171. The van der Waals surface area contributed by atoms with E-state index in [0.717, 1.165) is 17.6 Å². The molecule has 0 bridgehead atoms. The Morgan fingerprint density at radius 2 is 1.88 bits per heavy atom. The number of esters is 1. The van der Waals surface area contributed by atoms with Gasteiger partial charge < -0.3 is 9.22 Å². The van der Waals surface area contributed by atoms with Gasteiger partial charge in [0.05, 0.1) is 19.1 Å². The Hall–Kier alpha value is -0.570. The highest BCUT2D eigenvalue weighted by atomic mass is 16.5. The number of quaternary nitrogens is 1. The molecule has 0 heterocycles. The largest absolute Gasteiger partial charge is 0.460 e. The summed E-state index contributed by atoms with van der Waals surface area (Å²) in [6.45, 7) is 14.2. The maximum Gasteiger partial charge on any atom is 0.302 e. The molecule has 0 saturated carbocycles. The van der Waals surface area contributed by atoms with Crippen LogP contribution in [0.4, 0.5) is 0 Å². The van der Waals surface area contributed by atoms with Crippen LogP contribution in [-0.2, 0) is 9.53 Å². The fourth-order valence-electron chi connectivity index (χ4n) is 2.38. The molecule has 0 aromatic rings. The van der Waals surface area contributed by atoms with Gasteiger partial charge in [-0.25, -0.2) is 0 Å². The quantitative estimate of drug-likeness (QED) is 0.473. The molecule has 2 unspecified atom stereocenters. The van der Waals surface area contributed by atoms with Crippen molar-refractivity contribution in [3.05, 3.63) is 0 Å². The third-order valence-corrected chi connectivity index (χ3v) is 3.67. The SMILES string of the molecule is CCC[N+](CC)(CCOC(C)=O)C(C)CC. The average molecular weight is 230 g/mol. The summed E-state index contributed by atoms with van der Waals surface area (Å²) in [5.41, 5.74) is 0. The van der Waals surface area contributed by atoms with Gasteiger partial charge in [0.2, 0.25) is 0 Å². The second-order valence-electron chi connectivity index (χ2n) is 4.58. The summed E-state index contributed by atoms with van der Waals surface area (Å²) in [6, 6.07) is 0.639. The molecule has 3 heteroatoms. The van der Waals surface area contributed by atoms with Crippen molar-refractivity contribution in [3.63, 3.8) is 0 Å². The van der Waals surface area contributed by atoms with E-state index in [1.807, 2.05) is 0 Å². The van der Waals surface area contributed by atoms with E-state index in [1.54, 1.807) is 0 Å². The lowest BCUT2D eigenvalue weighted by atomic mass is 10.1. The van der Waals surface area contributed by atoms with Crippen molar-refractivity contribution in [3.8, 4) is 0 Å². The third kappa shape index (κ3) is 4.52. The standard InChI is InChI=1S/C13H28NO2/c1-6-9-14(8-3,12(4)7-2)10-11-16-13(5)15/h12H,6-11H2,1-5H3/q+1. The molecule has 0 radical (unpaired) electrons. The number of carbonyl (C=O) groups excluding carboxylic acids is 1. The van der Waals surface area contributed by atoms with Crippen molar-refractivity contribution in [2.24, 2.45) is 0 Å². The molecule has 3 nitrogen and oxygen atoms in total. The first-order valence-corrected chi connectivity index (χ1v) is 6.51. The van der Waals surface area contributed by atoms with Crippen molar-refractivity contribution in [2.45, 2.75) is 53.5 Å². The van der Waals surface area contributed by atoms with Gasteiger partial charge in [-0.1, -0.05) is 13.8 Å². The van der Waals surface area contributed by atoms with Crippen molar-refractivity contribution in [2.75, 3.05) is 26.2 Å². The van der Waals surface area contributed by atoms with Crippen molar-refractivity contribution < 1.29 is 14.0 Å². The number of nitrogens with zero attached hydrogens (tertiary/aromatic N) is 1. The molecule has 0 aromatic heterocycles. The number of carbonyl (C=O) groups is 1. The van der Waals surface area contributed by atoms with Crippen LogP contribution in [0, 0.1) is 0 Å². The minimum Gasteiger partial charge on any atom is -0.460 e. The number of likely N-dealkylation sites (N-methyl/N-ethyl adjacent to an activating group) is 1. The summed E-state index contributed by atoms with van der Waals surface area (Å²) in [7, 11) is 0. The summed E-state index contributed by atoms with van der Waals surface area (Å²) in [6.07, 6.45) is 2.35. The van der Waals surface area contributed by atoms with Crippen LogP contribution in [0.15, 0.2) is 0 Å². The number of rotatable bonds is 8. The highest BCUT2D eigenvalue weighted by molar-refractivity contribution is 5.65. The van der Waals surface area contributed by atoms with Gasteiger partial charge in [0.25, 0.3) is 0 Å². The van der Waals surface area contributed by atoms with E-state index in [9.17, 15) is 4.79 Å². The summed E-state index contributed by atoms with van der Waals surface area (Å²) in [5, 5.41) is 0. The van der Waals surface area contributed by atoms with Crippen LogP contribution in [0.2, 0.25) is 0 Å². The average Bonchev–Trinajstić information content (AvgIpc) is 2.26. The summed E-state index contributed by atoms with van der Waals surface area (Å²) >= 11 is 0. The molecule has 0 aromatic carbocycles. The van der Waals surface area contributed by atoms with Crippen LogP contribution in [0.3, 0.4) is 0 Å². The second kappa shape index (κ2) is 7.66. The van der Waals surface area contributed by atoms with Crippen LogP contribution >= 0.6 is 0 Å². The van der Waals surface area contributed by atoms with E-state index in [2.05, 4.69) is 27.7 Å². The Balaban J connectivity index is 4.43. The first kappa shape index (κ1) is 15.4. The summed E-state index contributed by atoms with van der Waals surface area (Å²) < 4.78 is 6.16. The number of ether oxygens (including phenoxy) is 1. The van der Waals surface area contributed by atoms with Gasteiger partial charge in [0.15, 0.2) is 0 Å². The molecule has 0 fully saturated rings. The Morgan fingerprint density at radius 3 is 2.25 bits per heavy atom. The predicted molar refractivity (Wildman–Crippen MR) is 67.2 cm³/mol. The van der Waals surface area contributed by atoms with Crippen LogP contribution in [-0.4, -0.2) is 42.7 Å². The first-order valence-electron chi connectivity index (χ1n) is 6.51. The molecule has 0 N–H and O–H groups in total. The molecule has 0 aliphatic rings. The van der Waals surface area contributed by atoms with Gasteiger partial charge in [-0.05, 0) is 26.7 Å². The number of hydrogen-bond donors (Lipinski definition) is 0. The number of hydrogen-bond acceptors (Lipinski definition) is 2. The normalized spacial score (nSPS) is 16.6. The van der Waals surface area contributed by atoms with E-state index >= 15 is 0 Å². The van der Waals surface area contributed by atoms with Crippen LogP contribution in [0.25, 0.3) is 0 Å². The molecule has 0 saturated heterocycles. The molecule has 0 aliphatic carbocycles. The van der Waals surface area contributed by atoms with Crippen LogP contribution < -0.4 is 0 Å². The van der Waals surface area contributed by atoms with Gasteiger partial charge in [-0.3, -0.25) is 4.79 Å². The van der Waals surface area contributed by atoms with Crippen LogP contribution in [0.5, 0.6) is 0 Å². The van der Waals surface area contributed by atoms with Gasteiger partial charge >= 0.3 is 5.97 Å². The molecule has 0 amide bonds. The fourth-order valence-corrected chi connectivity index (χ4v) is 2.38. The lowest BCUT2D eigenvalue weighted by Crippen LogP contribution is -2.56. The zero-order valence-electron chi connectivity index (χ0n) is 11.6. The predicted octanol–water partition coefficient (Wildman–Crippen LogP) is 2.59. The van der Waals surface area contributed by atoms with Gasteiger partial charge in [-0.15, -0.1) is 0 Å². The molecular formula is C13H28NO2+. The van der Waals surface area contributed by atoms with Crippen molar-refractivity contribution in [1.29, 1.82) is 0 Å². The molecule has 0 spiro atoms. The molecule has 2 atom stereocenters. The van der Waals surface area contributed by atoms with Crippen molar-refractivity contribution in [1.82, 2.24) is 0 Å². The van der Waals surface area contributed by atoms with Gasteiger partial charge in [0, 0.05) is 6.92 Å². The molecule has 0 rings (SSSR count). The van der Waals surface area contributed by atoms with E-state index < -0.39 is 0 Å². The zero-order chi connectivity index (χ0) is 12.6. The lowest BCUT2D eigenvalue weighted by molar-refractivity contribution is -0.948. The van der Waals surface area contributed by atoms with E-state index in [0.29, 0.717) is 12.6 Å². The Kier molecular flexibility index (Phi) is 7.39. The Bertz CT molecular complexity index is 206. The zero-order valence-corrected chi connectivity index (χ0v) is 11.6. The fraction of sp³-hybridized carbons (Fsp3) is 0.923. The lowest BCUT2D eigenvalue weighted by Gasteiger charge is -2.42. The molecule has 0 aliphatic heterocycles. The molecular weight excluding hydrogens is 202 g/mol. The first-order chi connectivity index (χ1) is 7.52. The minimum absolute atomic E-state index is 0.171. The monoisotopic (exact) mass is 230 g/mol. The topological polar surface area (TPSA) is 26.3 Å². The maximum absolute atomic E-state index is 10.8. The van der Waals surface area contributed by atoms with Gasteiger partial charge in [0.1, 0.15) is 13.2 Å². The highest BCUT2D eigenvalue weighted by Crippen LogP contribution is 2.17. The Labute approximate surface area is 100 Å². The summed E-state index contributed by atoms with van der Waals surface area (Å²) in [5.74, 6) is -0.171. The third-order valence-electron chi connectivity index (χ3n) is 3.67. The maximum atomic E-state index is 10.8. The molecule has 96 valence electrons. The second-order valence-corrected chi connectivity index (χ2v) is 4.58. The van der Waals surface area contributed by atoms with E-state index in [1.165, 1.54) is 26.3 Å². The Morgan fingerprint density at radius 1 is 1.25 bits per heavy atom. The van der Waals surface area contributed by atoms with Crippen LogP contribution in [0.1, 0.15) is 47.5 Å².